The van der Waals surface area contributed by atoms with Crippen molar-refractivity contribution in [3.63, 3.8) is 0 Å². The van der Waals surface area contributed by atoms with E-state index in [0.29, 0.717) is 22.6 Å². The van der Waals surface area contributed by atoms with E-state index in [2.05, 4.69) is 4.98 Å². The number of hydrogen-bond donors (Lipinski definition) is 0. The number of rotatable bonds is 3. The zero-order valence-corrected chi connectivity index (χ0v) is 16.3. The molecule has 2 heterocycles. The van der Waals surface area contributed by atoms with Crippen molar-refractivity contribution < 1.29 is 8.78 Å². The minimum atomic E-state index is -0.656. The summed E-state index contributed by atoms with van der Waals surface area (Å²) in [6, 6.07) is 12.5. The third-order valence-corrected chi connectivity index (χ3v) is 5.39. The molecule has 0 spiro atoms. The monoisotopic (exact) mass is 431 g/mol. The molecule has 0 radical (unpaired) electrons. The lowest BCUT2D eigenvalue weighted by atomic mass is 10.1. The molecular weight excluding hydrogens is 423 g/mol. The van der Waals surface area contributed by atoms with Gasteiger partial charge in [0.15, 0.2) is 11.5 Å². The molecule has 0 aliphatic heterocycles. The molecule has 0 saturated carbocycles. The maximum Gasteiger partial charge on any atom is 0.167 e. The van der Waals surface area contributed by atoms with Crippen molar-refractivity contribution in [2.75, 3.05) is 0 Å². The van der Waals surface area contributed by atoms with Crippen LogP contribution in [-0.4, -0.2) is 9.55 Å². The Kier molecular flexibility index (Phi) is 4.90. The zero-order valence-electron chi connectivity index (χ0n) is 14.0. The molecule has 0 aliphatic carbocycles. The average Bonchev–Trinajstić information content (AvgIpc) is 3.33. The van der Waals surface area contributed by atoms with Crippen LogP contribution in [0.2, 0.25) is 10.0 Å². The van der Waals surface area contributed by atoms with E-state index in [4.69, 9.17) is 23.2 Å². The SMILES string of the molecule is N#Cc1nc(-c2ccsc2)n(-c2cccc(Cl)c2F)c1-c1ccc(F)c(Cl)c1. The van der Waals surface area contributed by atoms with Crippen molar-refractivity contribution in [1.82, 2.24) is 9.55 Å². The molecule has 0 bridgehead atoms. The van der Waals surface area contributed by atoms with Gasteiger partial charge >= 0.3 is 0 Å². The Morgan fingerprint density at radius 1 is 1.04 bits per heavy atom. The quantitative estimate of drug-likeness (QED) is 0.361. The first kappa shape index (κ1) is 18.6. The number of halogens is 4. The third kappa shape index (κ3) is 3.08. The van der Waals surface area contributed by atoms with Gasteiger partial charge < -0.3 is 0 Å². The van der Waals surface area contributed by atoms with E-state index in [-0.39, 0.29) is 21.4 Å². The number of benzene rings is 2. The van der Waals surface area contributed by atoms with Gasteiger partial charge in [0.2, 0.25) is 0 Å². The molecule has 28 heavy (non-hydrogen) atoms. The highest BCUT2D eigenvalue weighted by molar-refractivity contribution is 7.08. The Balaban J connectivity index is 2.12. The Hall–Kier alpha value is -2.72. The first-order valence-electron chi connectivity index (χ1n) is 7.96. The predicted molar refractivity (Wildman–Crippen MR) is 107 cm³/mol. The van der Waals surface area contributed by atoms with Crippen LogP contribution >= 0.6 is 34.5 Å². The van der Waals surface area contributed by atoms with E-state index in [1.54, 1.807) is 6.07 Å². The fraction of sp³-hybridized carbons (Fsp3) is 0. The highest BCUT2D eigenvalue weighted by Gasteiger charge is 2.24. The van der Waals surface area contributed by atoms with Crippen LogP contribution in [0.5, 0.6) is 0 Å². The molecule has 138 valence electrons. The van der Waals surface area contributed by atoms with E-state index in [1.807, 2.05) is 22.9 Å². The fourth-order valence-corrected chi connectivity index (χ4v) is 3.88. The largest absolute Gasteiger partial charge is 0.288 e. The summed E-state index contributed by atoms with van der Waals surface area (Å²) < 4.78 is 30.1. The summed E-state index contributed by atoms with van der Waals surface area (Å²) >= 11 is 13.4. The minimum Gasteiger partial charge on any atom is -0.288 e. The maximum atomic E-state index is 14.9. The van der Waals surface area contributed by atoms with Crippen LogP contribution in [0.25, 0.3) is 28.3 Å². The minimum absolute atomic E-state index is 0.0586. The van der Waals surface area contributed by atoms with Gasteiger partial charge in [-0.1, -0.05) is 29.3 Å². The summed E-state index contributed by atoms with van der Waals surface area (Å²) in [5.41, 5.74) is 1.62. The lowest BCUT2D eigenvalue weighted by Crippen LogP contribution is -2.03. The van der Waals surface area contributed by atoms with E-state index < -0.39 is 11.6 Å². The van der Waals surface area contributed by atoms with Crippen LogP contribution in [0.1, 0.15) is 5.69 Å². The van der Waals surface area contributed by atoms with Gasteiger partial charge in [0, 0.05) is 16.5 Å². The van der Waals surface area contributed by atoms with E-state index in [0.717, 1.165) is 0 Å². The number of nitriles is 1. The standard InChI is InChI=1S/C20H9Cl2F2N3S/c21-13-2-1-3-17(18(13)24)27-19(11-4-5-15(23)14(22)8-11)16(9-25)26-20(27)12-6-7-28-10-12/h1-8,10H. The molecule has 0 fully saturated rings. The second kappa shape index (κ2) is 7.36. The molecule has 0 saturated heterocycles. The number of aromatic nitrogens is 2. The molecular formula is C20H9Cl2F2N3S. The van der Waals surface area contributed by atoms with Crippen molar-refractivity contribution in [3.05, 3.63) is 80.6 Å². The molecule has 0 aliphatic rings. The molecule has 2 aromatic heterocycles. The predicted octanol–water partition coefficient (Wildman–Crippen LogP) is 6.72. The highest BCUT2D eigenvalue weighted by Crippen LogP contribution is 2.37. The Bertz CT molecular complexity index is 1230. The van der Waals surface area contributed by atoms with Crippen LogP contribution in [0.3, 0.4) is 0 Å². The van der Waals surface area contributed by atoms with Gasteiger partial charge in [0.05, 0.1) is 21.4 Å². The maximum absolute atomic E-state index is 14.9. The number of hydrogen-bond acceptors (Lipinski definition) is 3. The summed E-state index contributed by atoms with van der Waals surface area (Å²) in [5.74, 6) is -0.881. The average molecular weight is 432 g/mol. The summed E-state index contributed by atoms with van der Waals surface area (Å²) in [4.78, 5) is 4.41. The summed E-state index contributed by atoms with van der Waals surface area (Å²) in [6.45, 7) is 0. The van der Waals surface area contributed by atoms with Crippen LogP contribution < -0.4 is 0 Å². The third-order valence-electron chi connectivity index (χ3n) is 4.13. The van der Waals surface area contributed by atoms with Crippen LogP contribution in [0.15, 0.2) is 53.2 Å². The first-order valence-corrected chi connectivity index (χ1v) is 9.66. The van der Waals surface area contributed by atoms with Gasteiger partial charge in [-0.05, 0) is 41.8 Å². The molecule has 0 amide bonds. The Labute approximate surface area is 173 Å². The molecule has 4 rings (SSSR count). The molecule has 0 N–H and O–H groups in total. The van der Waals surface area contributed by atoms with Gasteiger partial charge in [-0.3, -0.25) is 4.57 Å². The van der Waals surface area contributed by atoms with Crippen LogP contribution in [0.4, 0.5) is 8.78 Å². The summed E-state index contributed by atoms with van der Waals surface area (Å²) in [7, 11) is 0. The van der Waals surface area contributed by atoms with Crippen molar-refractivity contribution in [1.29, 1.82) is 5.26 Å². The van der Waals surface area contributed by atoms with Gasteiger partial charge in [-0.15, -0.1) is 0 Å². The molecule has 0 unspecified atom stereocenters. The second-order valence-corrected chi connectivity index (χ2v) is 7.39. The zero-order chi connectivity index (χ0) is 19.8. The van der Waals surface area contributed by atoms with E-state index in [9.17, 15) is 14.0 Å². The van der Waals surface area contributed by atoms with E-state index in [1.165, 1.54) is 46.2 Å². The lowest BCUT2D eigenvalue weighted by molar-refractivity contribution is 0.619. The number of nitrogens with zero attached hydrogens (tertiary/aromatic N) is 3. The van der Waals surface area contributed by atoms with Crippen molar-refractivity contribution in [2.24, 2.45) is 0 Å². The fourth-order valence-electron chi connectivity index (χ4n) is 2.89. The summed E-state index contributed by atoms with van der Waals surface area (Å²) in [6.07, 6.45) is 0. The van der Waals surface area contributed by atoms with Gasteiger partial charge in [0.1, 0.15) is 17.7 Å². The Morgan fingerprint density at radius 3 is 2.54 bits per heavy atom. The topological polar surface area (TPSA) is 41.6 Å². The van der Waals surface area contributed by atoms with E-state index >= 15 is 0 Å². The number of imidazole rings is 1. The van der Waals surface area contributed by atoms with Crippen LogP contribution in [-0.2, 0) is 0 Å². The number of thiophene rings is 1. The first-order chi connectivity index (χ1) is 13.5. The lowest BCUT2D eigenvalue weighted by Gasteiger charge is -2.14. The normalized spacial score (nSPS) is 10.8. The van der Waals surface area contributed by atoms with Crippen molar-refractivity contribution in [3.8, 4) is 34.4 Å². The molecule has 8 heteroatoms. The van der Waals surface area contributed by atoms with Crippen LogP contribution in [0, 0.1) is 23.0 Å². The smallest absolute Gasteiger partial charge is 0.167 e. The highest BCUT2D eigenvalue weighted by atomic mass is 35.5. The molecule has 2 aromatic carbocycles. The molecule has 3 nitrogen and oxygen atoms in total. The van der Waals surface area contributed by atoms with Gasteiger partial charge in [-0.25, -0.2) is 13.8 Å². The second-order valence-electron chi connectivity index (χ2n) is 5.79. The summed E-state index contributed by atoms with van der Waals surface area (Å²) in [5, 5.41) is 13.2. The Morgan fingerprint density at radius 2 is 1.86 bits per heavy atom. The molecule has 0 atom stereocenters. The van der Waals surface area contributed by atoms with Gasteiger partial charge in [0.25, 0.3) is 0 Å². The van der Waals surface area contributed by atoms with Gasteiger partial charge in [-0.2, -0.15) is 16.6 Å². The molecule has 4 aromatic rings. The van der Waals surface area contributed by atoms with Crippen molar-refractivity contribution in [2.45, 2.75) is 0 Å². The van der Waals surface area contributed by atoms with Crippen molar-refractivity contribution >= 4 is 34.5 Å².